The van der Waals surface area contributed by atoms with Crippen molar-refractivity contribution in [1.82, 2.24) is 5.32 Å². The third kappa shape index (κ3) is 6.14. The van der Waals surface area contributed by atoms with E-state index in [4.69, 9.17) is 9.47 Å². The van der Waals surface area contributed by atoms with Crippen molar-refractivity contribution in [3.05, 3.63) is 83.4 Å². The van der Waals surface area contributed by atoms with E-state index >= 15 is 0 Å². The van der Waals surface area contributed by atoms with E-state index in [-0.39, 0.29) is 10.6 Å². The number of ether oxygens (including phenoxy) is 2. The van der Waals surface area contributed by atoms with Crippen LogP contribution in [0.25, 0.3) is 0 Å². The summed E-state index contributed by atoms with van der Waals surface area (Å²) >= 11 is 0. The van der Waals surface area contributed by atoms with Gasteiger partial charge < -0.3 is 14.8 Å². The lowest BCUT2D eigenvalue weighted by Gasteiger charge is -2.25. The Morgan fingerprint density at radius 2 is 1.60 bits per heavy atom. The highest BCUT2D eigenvalue weighted by molar-refractivity contribution is 7.92. The average molecular weight is 497 g/mol. The predicted octanol–water partition coefficient (Wildman–Crippen LogP) is 4.34. The van der Waals surface area contributed by atoms with Crippen LogP contribution >= 0.6 is 0 Å². The Morgan fingerprint density at radius 3 is 2.23 bits per heavy atom. The lowest BCUT2D eigenvalue weighted by atomic mass is 10.0. The molecule has 0 radical (unpaired) electrons. The molecule has 0 aromatic heterocycles. The Morgan fingerprint density at radius 1 is 0.886 bits per heavy atom. The standard InChI is InChI=1S/C27H32N2O5S/c1-5-20-11-12-21(6-2)22(17-20)18-28-27(30)19-29(25-9-7-8-10-26(25)34-4)35(31,32)24-15-13-23(33-3)14-16-24/h7-17H,5-6,18-19H2,1-4H3,(H,28,30). The summed E-state index contributed by atoms with van der Waals surface area (Å²) in [5, 5.41) is 2.90. The first-order valence-corrected chi connectivity index (χ1v) is 12.9. The van der Waals surface area contributed by atoms with Crippen LogP contribution in [0.2, 0.25) is 0 Å². The van der Waals surface area contributed by atoms with Crippen molar-refractivity contribution in [3.8, 4) is 11.5 Å². The molecular formula is C27H32N2O5S. The highest BCUT2D eigenvalue weighted by Gasteiger charge is 2.29. The summed E-state index contributed by atoms with van der Waals surface area (Å²) in [6.45, 7) is 4.07. The normalized spacial score (nSPS) is 11.1. The number of para-hydroxylation sites is 2. The van der Waals surface area contributed by atoms with Gasteiger partial charge in [-0.2, -0.15) is 0 Å². The van der Waals surface area contributed by atoms with Gasteiger partial charge in [0.25, 0.3) is 10.0 Å². The van der Waals surface area contributed by atoms with Gasteiger partial charge in [0, 0.05) is 6.54 Å². The van der Waals surface area contributed by atoms with Crippen LogP contribution in [-0.2, 0) is 34.2 Å². The summed E-state index contributed by atoms with van der Waals surface area (Å²) in [4.78, 5) is 13.1. The number of anilines is 1. The molecule has 1 N–H and O–H groups in total. The van der Waals surface area contributed by atoms with Gasteiger partial charge in [-0.3, -0.25) is 9.10 Å². The molecule has 35 heavy (non-hydrogen) atoms. The molecule has 0 aliphatic heterocycles. The molecule has 186 valence electrons. The molecule has 1 amide bonds. The van der Waals surface area contributed by atoms with Crippen LogP contribution in [0.15, 0.2) is 71.6 Å². The van der Waals surface area contributed by atoms with Crippen molar-refractivity contribution in [2.45, 2.75) is 38.1 Å². The first-order chi connectivity index (χ1) is 16.8. The van der Waals surface area contributed by atoms with E-state index in [0.717, 1.165) is 28.3 Å². The number of sulfonamides is 1. The second kappa shape index (κ2) is 11.8. The molecule has 0 bridgehead atoms. The first kappa shape index (κ1) is 26.1. The van der Waals surface area contributed by atoms with Crippen molar-refractivity contribution in [1.29, 1.82) is 0 Å². The fraction of sp³-hybridized carbons (Fsp3) is 0.296. The maximum atomic E-state index is 13.6. The first-order valence-electron chi connectivity index (χ1n) is 11.5. The maximum absolute atomic E-state index is 13.6. The van der Waals surface area contributed by atoms with Crippen LogP contribution in [0, 0.1) is 0 Å². The smallest absolute Gasteiger partial charge is 0.264 e. The highest BCUT2D eigenvalue weighted by Crippen LogP contribution is 2.32. The molecule has 3 aromatic carbocycles. The van der Waals surface area contributed by atoms with Crippen LogP contribution in [0.4, 0.5) is 5.69 Å². The number of benzene rings is 3. The van der Waals surface area contributed by atoms with E-state index in [1.165, 1.54) is 31.9 Å². The van der Waals surface area contributed by atoms with E-state index < -0.39 is 22.5 Å². The molecule has 3 aromatic rings. The van der Waals surface area contributed by atoms with E-state index in [2.05, 4.69) is 37.4 Å². The molecule has 0 saturated carbocycles. The number of nitrogens with one attached hydrogen (secondary N) is 1. The molecule has 0 heterocycles. The lowest BCUT2D eigenvalue weighted by Crippen LogP contribution is -2.41. The van der Waals surface area contributed by atoms with Gasteiger partial charge in [0.15, 0.2) is 0 Å². The summed E-state index contributed by atoms with van der Waals surface area (Å²) < 4.78 is 38.9. The Hall–Kier alpha value is -3.52. The quantitative estimate of drug-likeness (QED) is 0.427. The molecule has 0 spiro atoms. The fourth-order valence-corrected chi connectivity index (χ4v) is 5.23. The Bertz CT molecular complexity index is 1260. The number of amides is 1. The van der Waals surface area contributed by atoms with Crippen molar-refractivity contribution < 1.29 is 22.7 Å². The largest absolute Gasteiger partial charge is 0.497 e. The Kier molecular flexibility index (Phi) is 8.76. The van der Waals surface area contributed by atoms with Crippen LogP contribution < -0.4 is 19.1 Å². The van der Waals surface area contributed by atoms with Gasteiger partial charge in [0.1, 0.15) is 18.0 Å². The second-order valence-electron chi connectivity index (χ2n) is 7.95. The molecule has 0 saturated heterocycles. The van der Waals surface area contributed by atoms with Gasteiger partial charge >= 0.3 is 0 Å². The number of carbonyl (C=O) groups is 1. The SMILES string of the molecule is CCc1ccc(CC)c(CNC(=O)CN(c2ccccc2OC)S(=O)(=O)c2ccc(OC)cc2)c1. The van der Waals surface area contributed by atoms with Crippen LogP contribution in [0.1, 0.15) is 30.5 Å². The minimum absolute atomic E-state index is 0.0425. The van der Waals surface area contributed by atoms with E-state index in [0.29, 0.717) is 18.0 Å². The third-order valence-corrected chi connectivity index (χ3v) is 7.60. The summed E-state index contributed by atoms with van der Waals surface area (Å²) in [6.07, 6.45) is 1.74. The fourth-order valence-electron chi connectivity index (χ4n) is 3.80. The maximum Gasteiger partial charge on any atom is 0.264 e. The molecule has 8 heteroatoms. The van der Waals surface area contributed by atoms with Gasteiger partial charge in [0.2, 0.25) is 5.91 Å². The summed E-state index contributed by atoms with van der Waals surface area (Å²) in [6, 6.07) is 19.0. The molecule has 0 aliphatic rings. The van der Waals surface area contributed by atoms with Crippen molar-refractivity contribution in [3.63, 3.8) is 0 Å². The number of methoxy groups -OCH3 is 2. The molecule has 0 fully saturated rings. The van der Waals surface area contributed by atoms with Gasteiger partial charge in [0.05, 0.1) is 24.8 Å². The monoisotopic (exact) mass is 496 g/mol. The zero-order valence-electron chi connectivity index (χ0n) is 20.6. The Balaban J connectivity index is 1.91. The topological polar surface area (TPSA) is 84.9 Å². The minimum Gasteiger partial charge on any atom is -0.497 e. The molecule has 0 atom stereocenters. The minimum atomic E-state index is -4.08. The predicted molar refractivity (Wildman–Crippen MR) is 138 cm³/mol. The number of hydrogen-bond acceptors (Lipinski definition) is 5. The molecule has 0 unspecified atom stereocenters. The van der Waals surface area contributed by atoms with Gasteiger partial charge in [-0.05, 0) is 65.9 Å². The van der Waals surface area contributed by atoms with E-state index in [1.54, 1.807) is 36.4 Å². The molecule has 3 rings (SSSR count). The van der Waals surface area contributed by atoms with Gasteiger partial charge in [-0.1, -0.05) is 44.2 Å². The second-order valence-corrected chi connectivity index (χ2v) is 9.81. The lowest BCUT2D eigenvalue weighted by molar-refractivity contribution is -0.119. The number of nitrogens with zero attached hydrogens (tertiary/aromatic N) is 1. The number of aryl methyl sites for hydroxylation is 2. The molecule has 0 aliphatic carbocycles. The summed E-state index contributed by atoms with van der Waals surface area (Å²) in [7, 11) is -1.10. The number of carbonyl (C=O) groups excluding carboxylic acids is 1. The summed E-state index contributed by atoms with van der Waals surface area (Å²) in [5.74, 6) is 0.463. The summed E-state index contributed by atoms with van der Waals surface area (Å²) in [5.41, 5.74) is 3.64. The van der Waals surface area contributed by atoms with E-state index in [1.807, 2.05) is 0 Å². The Labute approximate surface area is 207 Å². The number of rotatable bonds is 11. The molecule has 7 nitrogen and oxygen atoms in total. The zero-order chi connectivity index (χ0) is 25.4. The van der Waals surface area contributed by atoms with Crippen molar-refractivity contribution in [2.75, 3.05) is 25.1 Å². The zero-order valence-corrected chi connectivity index (χ0v) is 21.4. The van der Waals surface area contributed by atoms with E-state index in [9.17, 15) is 13.2 Å². The van der Waals surface area contributed by atoms with Gasteiger partial charge in [-0.15, -0.1) is 0 Å². The van der Waals surface area contributed by atoms with Crippen LogP contribution in [-0.4, -0.2) is 35.1 Å². The van der Waals surface area contributed by atoms with Crippen molar-refractivity contribution in [2.24, 2.45) is 0 Å². The third-order valence-electron chi connectivity index (χ3n) is 5.82. The number of hydrogen-bond donors (Lipinski definition) is 1. The van der Waals surface area contributed by atoms with Crippen LogP contribution in [0.3, 0.4) is 0 Å². The van der Waals surface area contributed by atoms with Crippen molar-refractivity contribution >= 4 is 21.6 Å². The van der Waals surface area contributed by atoms with Crippen LogP contribution in [0.5, 0.6) is 11.5 Å². The average Bonchev–Trinajstić information content (AvgIpc) is 2.90. The molecular weight excluding hydrogens is 464 g/mol. The van der Waals surface area contributed by atoms with Gasteiger partial charge in [-0.25, -0.2) is 8.42 Å². The highest BCUT2D eigenvalue weighted by atomic mass is 32.2.